The first-order valence-electron chi connectivity index (χ1n) is 7.29. The molecule has 0 aliphatic carbocycles. The van der Waals surface area contributed by atoms with Crippen molar-refractivity contribution in [3.8, 4) is 11.4 Å². The third-order valence-electron chi connectivity index (χ3n) is 3.78. The normalized spacial score (nSPS) is 11.8. The van der Waals surface area contributed by atoms with Gasteiger partial charge >= 0.3 is 0 Å². The van der Waals surface area contributed by atoms with E-state index in [2.05, 4.69) is 56.1 Å². The number of rotatable bonds is 1. The molecule has 0 fully saturated rings. The molecule has 2 nitrogen and oxygen atoms in total. The van der Waals surface area contributed by atoms with E-state index in [1.807, 2.05) is 25.1 Å². The Hall–Kier alpha value is -2.22. The third kappa shape index (κ3) is 2.66. The fraction of sp³-hybridized carbons (Fsp3) is 0.263. The lowest BCUT2D eigenvalue weighted by molar-refractivity contribution is 0.590. The van der Waals surface area contributed by atoms with Crippen LogP contribution in [0, 0.1) is 6.92 Å². The van der Waals surface area contributed by atoms with Crippen LogP contribution in [0.2, 0.25) is 0 Å². The predicted molar refractivity (Wildman–Crippen MR) is 88.4 cm³/mol. The van der Waals surface area contributed by atoms with Crippen molar-refractivity contribution in [1.29, 1.82) is 0 Å². The minimum Gasteiger partial charge on any atom is -0.233 e. The Morgan fingerprint density at radius 3 is 2.38 bits per heavy atom. The van der Waals surface area contributed by atoms with Gasteiger partial charge in [-0.1, -0.05) is 57.2 Å². The Kier molecular flexibility index (Phi) is 3.25. The van der Waals surface area contributed by atoms with Crippen molar-refractivity contribution in [3.63, 3.8) is 0 Å². The van der Waals surface area contributed by atoms with Crippen molar-refractivity contribution in [2.75, 3.05) is 0 Å². The van der Waals surface area contributed by atoms with Crippen LogP contribution >= 0.6 is 0 Å². The Labute approximate surface area is 125 Å². The number of nitrogens with zero attached hydrogens (tertiary/aromatic N) is 2. The van der Waals surface area contributed by atoms with E-state index in [1.54, 1.807) is 0 Å². The molecule has 2 aromatic carbocycles. The van der Waals surface area contributed by atoms with Gasteiger partial charge in [0.2, 0.25) is 0 Å². The molecule has 0 bridgehead atoms. The molecule has 0 aliphatic heterocycles. The Morgan fingerprint density at radius 2 is 1.62 bits per heavy atom. The van der Waals surface area contributed by atoms with Crippen LogP contribution in [0.1, 0.15) is 32.0 Å². The molecule has 0 amide bonds. The molecule has 2 heteroatoms. The molecule has 0 unspecified atom stereocenters. The van der Waals surface area contributed by atoms with Gasteiger partial charge < -0.3 is 0 Å². The predicted octanol–water partition coefficient (Wildman–Crippen LogP) is 4.90. The number of hydrogen-bond acceptors (Lipinski definition) is 2. The average Bonchev–Trinajstić information content (AvgIpc) is 2.46. The van der Waals surface area contributed by atoms with Gasteiger partial charge in [-0.15, -0.1) is 0 Å². The summed E-state index contributed by atoms with van der Waals surface area (Å²) in [5.74, 6) is 0.803. The molecular formula is C19H20N2. The zero-order valence-electron chi connectivity index (χ0n) is 13.0. The highest BCUT2D eigenvalue weighted by molar-refractivity contribution is 5.82. The van der Waals surface area contributed by atoms with E-state index in [0.717, 1.165) is 28.0 Å². The van der Waals surface area contributed by atoms with Crippen LogP contribution in [-0.4, -0.2) is 9.97 Å². The van der Waals surface area contributed by atoms with E-state index in [9.17, 15) is 0 Å². The van der Waals surface area contributed by atoms with Gasteiger partial charge in [-0.3, -0.25) is 0 Å². The minimum atomic E-state index is 0.127. The summed E-state index contributed by atoms with van der Waals surface area (Å²) in [6.07, 6.45) is 0. The average molecular weight is 276 g/mol. The highest BCUT2D eigenvalue weighted by Crippen LogP contribution is 2.27. The maximum Gasteiger partial charge on any atom is 0.160 e. The lowest BCUT2D eigenvalue weighted by atomic mass is 9.86. The zero-order chi connectivity index (χ0) is 15.0. The van der Waals surface area contributed by atoms with Crippen molar-refractivity contribution in [3.05, 3.63) is 59.8 Å². The largest absolute Gasteiger partial charge is 0.233 e. The molecule has 1 aromatic heterocycles. The van der Waals surface area contributed by atoms with Gasteiger partial charge in [-0.05, 0) is 30.0 Å². The van der Waals surface area contributed by atoms with E-state index >= 15 is 0 Å². The summed E-state index contributed by atoms with van der Waals surface area (Å²) < 4.78 is 0. The standard InChI is InChI=1S/C19H20N2/c1-13-16-10-5-6-11-17(16)21-18(20-13)14-8-7-9-15(12-14)19(2,3)4/h5-12H,1-4H3. The van der Waals surface area contributed by atoms with Crippen molar-refractivity contribution in [1.82, 2.24) is 9.97 Å². The second kappa shape index (κ2) is 4.96. The fourth-order valence-electron chi connectivity index (χ4n) is 2.49. The Bertz CT molecular complexity index is 798. The van der Waals surface area contributed by atoms with Gasteiger partial charge in [0.15, 0.2) is 5.82 Å². The van der Waals surface area contributed by atoms with Crippen LogP contribution in [0.3, 0.4) is 0 Å². The quantitative estimate of drug-likeness (QED) is 0.631. The van der Waals surface area contributed by atoms with E-state index < -0.39 is 0 Å². The summed E-state index contributed by atoms with van der Waals surface area (Å²) in [5.41, 5.74) is 4.53. The molecule has 0 saturated heterocycles. The Morgan fingerprint density at radius 1 is 0.857 bits per heavy atom. The van der Waals surface area contributed by atoms with Crippen LogP contribution in [0.4, 0.5) is 0 Å². The lowest BCUT2D eigenvalue weighted by Crippen LogP contribution is -2.10. The molecule has 3 aromatic rings. The summed E-state index contributed by atoms with van der Waals surface area (Å²) in [7, 11) is 0. The van der Waals surface area contributed by atoms with E-state index in [0.29, 0.717) is 0 Å². The topological polar surface area (TPSA) is 25.8 Å². The van der Waals surface area contributed by atoms with Crippen molar-refractivity contribution in [2.45, 2.75) is 33.1 Å². The van der Waals surface area contributed by atoms with Crippen LogP contribution in [0.25, 0.3) is 22.3 Å². The molecule has 0 saturated carbocycles. The number of hydrogen-bond donors (Lipinski definition) is 0. The third-order valence-corrected chi connectivity index (χ3v) is 3.78. The monoisotopic (exact) mass is 276 g/mol. The minimum absolute atomic E-state index is 0.127. The molecule has 0 aliphatic rings. The molecule has 0 N–H and O–H groups in total. The van der Waals surface area contributed by atoms with E-state index in [4.69, 9.17) is 4.98 Å². The second-order valence-corrected chi connectivity index (χ2v) is 6.48. The maximum atomic E-state index is 4.72. The van der Waals surface area contributed by atoms with E-state index in [-0.39, 0.29) is 5.41 Å². The smallest absolute Gasteiger partial charge is 0.160 e. The van der Waals surface area contributed by atoms with Gasteiger partial charge in [0.25, 0.3) is 0 Å². The number of aryl methyl sites for hydroxylation is 1. The van der Waals surface area contributed by atoms with Gasteiger partial charge in [0, 0.05) is 16.6 Å². The van der Waals surface area contributed by atoms with Gasteiger partial charge in [0.05, 0.1) is 5.52 Å². The first-order chi connectivity index (χ1) is 9.95. The van der Waals surface area contributed by atoms with Crippen molar-refractivity contribution >= 4 is 10.9 Å². The molecule has 0 atom stereocenters. The van der Waals surface area contributed by atoms with Gasteiger partial charge in [-0.25, -0.2) is 9.97 Å². The van der Waals surface area contributed by atoms with Gasteiger partial charge in [-0.2, -0.15) is 0 Å². The summed E-state index contributed by atoms with van der Waals surface area (Å²) in [6, 6.07) is 16.7. The highest BCUT2D eigenvalue weighted by Gasteiger charge is 2.15. The number of fused-ring (bicyclic) bond motifs is 1. The summed E-state index contributed by atoms with van der Waals surface area (Å²) in [4.78, 5) is 9.40. The molecule has 106 valence electrons. The molecule has 3 rings (SSSR count). The fourth-order valence-corrected chi connectivity index (χ4v) is 2.49. The molecule has 21 heavy (non-hydrogen) atoms. The summed E-state index contributed by atoms with van der Waals surface area (Å²) in [6.45, 7) is 8.71. The second-order valence-electron chi connectivity index (χ2n) is 6.48. The SMILES string of the molecule is Cc1nc(-c2cccc(C(C)(C)C)c2)nc2ccccc12. The number of para-hydroxylation sites is 1. The summed E-state index contributed by atoms with van der Waals surface area (Å²) >= 11 is 0. The summed E-state index contributed by atoms with van der Waals surface area (Å²) in [5, 5.41) is 1.12. The number of aromatic nitrogens is 2. The molecule has 1 heterocycles. The molecule has 0 radical (unpaired) electrons. The first-order valence-corrected chi connectivity index (χ1v) is 7.29. The van der Waals surface area contributed by atoms with Crippen LogP contribution in [0.15, 0.2) is 48.5 Å². The van der Waals surface area contributed by atoms with Crippen molar-refractivity contribution in [2.24, 2.45) is 0 Å². The lowest BCUT2D eigenvalue weighted by Gasteiger charge is -2.19. The Balaban J connectivity index is 2.17. The first kappa shape index (κ1) is 13.7. The zero-order valence-corrected chi connectivity index (χ0v) is 13.0. The molecule has 0 spiro atoms. The highest BCUT2D eigenvalue weighted by atomic mass is 14.9. The van der Waals surface area contributed by atoms with Crippen LogP contribution in [0.5, 0.6) is 0 Å². The van der Waals surface area contributed by atoms with Crippen LogP contribution in [-0.2, 0) is 5.41 Å². The maximum absolute atomic E-state index is 4.72. The molecular weight excluding hydrogens is 256 g/mol. The number of benzene rings is 2. The van der Waals surface area contributed by atoms with Crippen LogP contribution < -0.4 is 0 Å². The van der Waals surface area contributed by atoms with E-state index in [1.165, 1.54) is 5.56 Å². The van der Waals surface area contributed by atoms with Gasteiger partial charge in [0.1, 0.15) is 0 Å². The van der Waals surface area contributed by atoms with Crippen molar-refractivity contribution < 1.29 is 0 Å².